The standard InChI is InChI=1S/C16H14FN5O/c1-9-3-4-13(17)12(7-9)14-8-15(22-21-14)19-16(23)11-5-6-18-20-10(11)2/h3-8H,1-2H3,(H2,19,21,22,23). The molecule has 0 saturated heterocycles. The summed E-state index contributed by atoms with van der Waals surface area (Å²) in [6.07, 6.45) is 1.44. The van der Waals surface area contributed by atoms with Crippen LogP contribution in [0.5, 0.6) is 0 Å². The fraction of sp³-hybridized carbons (Fsp3) is 0.125. The number of anilines is 1. The number of carbonyl (C=O) groups excluding carboxylic acids is 1. The predicted molar refractivity (Wildman–Crippen MR) is 83.4 cm³/mol. The quantitative estimate of drug-likeness (QED) is 0.779. The maximum Gasteiger partial charge on any atom is 0.258 e. The van der Waals surface area contributed by atoms with E-state index < -0.39 is 0 Å². The van der Waals surface area contributed by atoms with Crippen molar-refractivity contribution >= 4 is 11.7 Å². The van der Waals surface area contributed by atoms with Crippen molar-refractivity contribution in [3.8, 4) is 11.3 Å². The Kier molecular flexibility index (Phi) is 3.84. The molecule has 1 aromatic carbocycles. The number of aromatic nitrogens is 4. The fourth-order valence-electron chi connectivity index (χ4n) is 2.20. The number of hydrogen-bond acceptors (Lipinski definition) is 4. The lowest BCUT2D eigenvalue weighted by atomic mass is 10.1. The summed E-state index contributed by atoms with van der Waals surface area (Å²) in [7, 11) is 0. The van der Waals surface area contributed by atoms with Gasteiger partial charge >= 0.3 is 0 Å². The molecule has 0 spiro atoms. The monoisotopic (exact) mass is 311 g/mol. The molecule has 0 bridgehead atoms. The van der Waals surface area contributed by atoms with E-state index in [-0.39, 0.29) is 11.7 Å². The van der Waals surface area contributed by atoms with Crippen LogP contribution in [0.3, 0.4) is 0 Å². The Morgan fingerprint density at radius 3 is 2.83 bits per heavy atom. The molecular formula is C16H14FN5O. The van der Waals surface area contributed by atoms with Crippen LogP contribution in [0.4, 0.5) is 10.2 Å². The zero-order chi connectivity index (χ0) is 16.4. The van der Waals surface area contributed by atoms with Crippen LogP contribution in [0.2, 0.25) is 0 Å². The Hall–Kier alpha value is -3.09. The summed E-state index contributed by atoms with van der Waals surface area (Å²) in [5, 5.41) is 16.9. The van der Waals surface area contributed by atoms with Crippen molar-refractivity contribution in [2.75, 3.05) is 5.32 Å². The van der Waals surface area contributed by atoms with Crippen LogP contribution in [0.25, 0.3) is 11.3 Å². The molecular weight excluding hydrogens is 297 g/mol. The third-order valence-corrected chi connectivity index (χ3v) is 3.38. The molecule has 7 heteroatoms. The van der Waals surface area contributed by atoms with E-state index in [9.17, 15) is 9.18 Å². The molecule has 2 N–H and O–H groups in total. The lowest BCUT2D eigenvalue weighted by Gasteiger charge is -2.03. The number of hydrogen-bond donors (Lipinski definition) is 2. The highest BCUT2D eigenvalue weighted by Gasteiger charge is 2.13. The molecule has 2 aromatic heterocycles. The topological polar surface area (TPSA) is 83.6 Å². The van der Waals surface area contributed by atoms with Crippen molar-refractivity contribution in [2.24, 2.45) is 0 Å². The van der Waals surface area contributed by atoms with E-state index in [0.29, 0.717) is 28.3 Å². The van der Waals surface area contributed by atoms with Gasteiger partial charge in [-0.25, -0.2) is 4.39 Å². The van der Waals surface area contributed by atoms with Crippen molar-refractivity contribution in [1.82, 2.24) is 20.4 Å². The normalized spacial score (nSPS) is 10.6. The summed E-state index contributed by atoms with van der Waals surface area (Å²) in [6, 6.07) is 7.96. The summed E-state index contributed by atoms with van der Waals surface area (Å²) in [5.74, 6) is -0.395. The number of halogens is 1. The third-order valence-electron chi connectivity index (χ3n) is 3.38. The van der Waals surface area contributed by atoms with Gasteiger partial charge in [0.15, 0.2) is 5.82 Å². The number of rotatable bonds is 3. The van der Waals surface area contributed by atoms with E-state index in [1.165, 1.54) is 12.3 Å². The summed E-state index contributed by atoms with van der Waals surface area (Å²) >= 11 is 0. The first-order chi connectivity index (χ1) is 11.0. The van der Waals surface area contributed by atoms with Crippen LogP contribution in [0.1, 0.15) is 21.6 Å². The van der Waals surface area contributed by atoms with Gasteiger partial charge in [-0.2, -0.15) is 15.3 Å². The lowest BCUT2D eigenvalue weighted by molar-refractivity contribution is 0.102. The highest BCUT2D eigenvalue weighted by molar-refractivity contribution is 6.04. The second kappa shape index (κ2) is 5.96. The van der Waals surface area contributed by atoms with Crippen molar-refractivity contribution in [3.05, 3.63) is 59.2 Å². The molecule has 0 radical (unpaired) electrons. The minimum absolute atomic E-state index is 0.308. The van der Waals surface area contributed by atoms with Gasteiger partial charge in [0.1, 0.15) is 5.82 Å². The predicted octanol–water partition coefficient (Wildman–Crippen LogP) is 2.87. The van der Waals surface area contributed by atoms with Crippen LogP contribution < -0.4 is 5.32 Å². The second-order valence-corrected chi connectivity index (χ2v) is 5.13. The van der Waals surface area contributed by atoms with E-state index in [0.717, 1.165) is 5.56 Å². The Bertz CT molecular complexity index is 874. The summed E-state index contributed by atoms with van der Waals surface area (Å²) < 4.78 is 13.9. The van der Waals surface area contributed by atoms with Gasteiger partial charge in [0.05, 0.1) is 23.1 Å². The third kappa shape index (κ3) is 3.08. The van der Waals surface area contributed by atoms with Crippen molar-refractivity contribution in [2.45, 2.75) is 13.8 Å². The summed E-state index contributed by atoms with van der Waals surface area (Å²) in [6.45, 7) is 3.57. The molecule has 0 saturated carbocycles. The van der Waals surface area contributed by atoms with Gasteiger partial charge in [0.25, 0.3) is 5.91 Å². The van der Waals surface area contributed by atoms with E-state index in [2.05, 4.69) is 25.7 Å². The molecule has 3 aromatic rings. The Labute approximate surface area is 131 Å². The van der Waals surface area contributed by atoms with Crippen molar-refractivity contribution < 1.29 is 9.18 Å². The molecule has 0 aliphatic heterocycles. The molecule has 0 atom stereocenters. The number of aryl methyl sites for hydroxylation is 2. The Morgan fingerprint density at radius 1 is 1.22 bits per heavy atom. The number of nitrogens with one attached hydrogen (secondary N) is 2. The van der Waals surface area contributed by atoms with Crippen molar-refractivity contribution in [1.29, 1.82) is 0 Å². The zero-order valence-corrected chi connectivity index (χ0v) is 12.6. The molecule has 6 nitrogen and oxygen atoms in total. The van der Waals surface area contributed by atoms with Gasteiger partial charge in [-0.3, -0.25) is 9.89 Å². The lowest BCUT2D eigenvalue weighted by Crippen LogP contribution is -2.14. The van der Waals surface area contributed by atoms with Gasteiger partial charge in [-0.15, -0.1) is 0 Å². The minimum Gasteiger partial charge on any atom is -0.305 e. The number of benzene rings is 1. The minimum atomic E-state index is -0.355. The SMILES string of the molecule is Cc1ccc(F)c(-c2cc(NC(=O)c3ccnnc3C)n[nH]2)c1. The smallest absolute Gasteiger partial charge is 0.258 e. The zero-order valence-electron chi connectivity index (χ0n) is 12.6. The maximum atomic E-state index is 13.9. The molecule has 23 heavy (non-hydrogen) atoms. The second-order valence-electron chi connectivity index (χ2n) is 5.13. The van der Waals surface area contributed by atoms with Crippen molar-refractivity contribution in [3.63, 3.8) is 0 Å². The molecule has 116 valence electrons. The molecule has 0 unspecified atom stereocenters. The highest BCUT2D eigenvalue weighted by atomic mass is 19.1. The molecule has 0 aliphatic rings. The van der Waals surface area contributed by atoms with Crippen LogP contribution >= 0.6 is 0 Å². The number of nitrogens with zero attached hydrogens (tertiary/aromatic N) is 3. The largest absolute Gasteiger partial charge is 0.305 e. The molecule has 1 amide bonds. The number of aromatic amines is 1. The Morgan fingerprint density at radius 2 is 2.04 bits per heavy atom. The van der Waals surface area contributed by atoms with Gasteiger partial charge < -0.3 is 5.32 Å². The Balaban J connectivity index is 1.84. The maximum absolute atomic E-state index is 13.9. The average molecular weight is 311 g/mol. The molecule has 0 fully saturated rings. The van der Waals surface area contributed by atoms with E-state index >= 15 is 0 Å². The fourth-order valence-corrected chi connectivity index (χ4v) is 2.20. The van der Waals surface area contributed by atoms with Crippen LogP contribution in [-0.4, -0.2) is 26.3 Å². The van der Waals surface area contributed by atoms with E-state index in [1.54, 1.807) is 31.2 Å². The molecule has 0 aliphatic carbocycles. The van der Waals surface area contributed by atoms with Gasteiger partial charge in [0, 0.05) is 11.6 Å². The number of H-pyrrole nitrogens is 1. The number of amides is 1. The van der Waals surface area contributed by atoms with Gasteiger partial charge in [0.2, 0.25) is 0 Å². The first-order valence-corrected chi connectivity index (χ1v) is 6.96. The first kappa shape index (κ1) is 14.8. The van der Waals surface area contributed by atoms with Crippen LogP contribution in [-0.2, 0) is 0 Å². The highest BCUT2D eigenvalue weighted by Crippen LogP contribution is 2.24. The summed E-state index contributed by atoms with van der Waals surface area (Å²) in [5.41, 5.74) is 2.75. The molecule has 2 heterocycles. The van der Waals surface area contributed by atoms with E-state index in [1.807, 2.05) is 6.92 Å². The summed E-state index contributed by atoms with van der Waals surface area (Å²) in [4.78, 5) is 12.2. The van der Waals surface area contributed by atoms with Crippen LogP contribution in [0.15, 0.2) is 36.5 Å². The number of carbonyl (C=O) groups is 1. The van der Waals surface area contributed by atoms with E-state index in [4.69, 9.17) is 0 Å². The average Bonchev–Trinajstić information content (AvgIpc) is 2.98. The van der Waals surface area contributed by atoms with Crippen LogP contribution in [0, 0.1) is 19.7 Å². The first-order valence-electron chi connectivity index (χ1n) is 6.96. The van der Waals surface area contributed by atoms with Gasteiger partial charge in [-0.05, 0) is 32.0 Å². The van der Waals surface area contributed by atoms with Gasteiger partial charge in [-0.1, -0.05) is 11.6 Å². The molecule has 3 rings (SSSR count).